The van der Waals surface area contributed by atoms with Gasteiger partial charge >= 0.3 is 0 Å². The van der Waals surface area contributed by atoms with E-state index >= 15 is 0 Å². The molecule has 0 saturated carbocycles. The molecule has 2 heterocycles. The molecule has 1 N–H and O–H groups in total. The Labute approximate surface area is 151 Å². The van der Waals surface area contributed by atoms with E-state index in [4.69, 9.17) is 0 Å². The van der Waals surface area contributed by atoms with E-state index in [1.165, 1.54) is 17.3 Å². The Hall–Kier alpha value is -2.54. The monoisotopic (exact) mass is 355 g/mol. The van der Waals surface area contributed by atoms with Crippen molar-refractivity contribution >= 4 is 23.4 Å². The van der Waals surface area contributed by atoms with Crippen molar-refractivity contribution in [1.29, 1.82) is 0 Å². The zero-order chi connectivity index (χ0) is 17.6. The molecule has 0 fully saturated rings. The zero-order valence-electron chi connectivity index (χ0n) is 14.3. The highest BCUT2D eigenvalue weighted by molar-refractivity contribution is 7.99. The number of aromatic nitrogens is 4. The van der Waals surface area contributed by atoms with Gasteiger partial charge in [0.2, 0.25) is 11.1 Å². The Morgan fingerprint density at radius 3 is 2.64 bits per heavy atom. The van der Waals surface area contributed by atoms with E-state index in [1.54, 1.807) is 11.0 Å². The summed E-state index contributed by atoms with van der Waals surface area (Å²) in [6.45, 7) is 4.37. The summed E-state index contributed by atoms with van der Waals surface area (Å²) < 4.78 is 3.65. The number of thioether (sulfide) groups is 1. The minimum atomic E-state index is -0.0663. The van der Waals surface area contributed by atoms with Gasteiger partial charge in [0, 0.05) is 18.1 Å². The molecule has 0 spiro atoms. The molecule has 0 aliphatic heterocycles. The topological polar surface area (TPSA) is 64.7 Å². The molecule has 0 unspecified atom stereocenters. The van der Waals surface area contributed by atoms with E-state index in [0.717, 1.165) is 12.1 Å². The third kappa shape index (κ3) is 4.30. The number of nitrogens with one attached hydrogen (secondary N) is 1. The summed E-state index contributed by atoms with van der Waals surface area (Å²) >= 11 is 1.35. The fourth-order valence-electron chi connectivity index (χ4n) is 2.40. The minimum Gasteiger partial charge on any atom is -0.325 e. The molecule has 3 aromatic rings. The summed E-state index contributed by atoms with van der Waals surface area (Å²) in [5.74, 6) is 0.733. The van der Waals surface area contributed by atoms with Gasteiger partial charge in [0.1, 0.15) is 6.33 Å². The van der Waals surface area contributed by atoms with E-state index in [9.17, 15) is 4.79 Å². The van der Waals surface area contributed by atoms with Crippen LogP contribution in [0, 0.1) is 0 Å². The van der Waals surface area contributed by atoms with Crippen molar-refractivity contribution in [3.8, 4) is 0 Å². The lowest BCUT2D eigenvalue weighted by Crippen LogP contribution is -2.15. The van der Waals surface area contributed by atoms with Crippen LogP contribution in [0.2, 0.25) is 0 Å². The normalized spacial score (nSPS) is 12.1. The van der Waals surface area contributed by atoms with E-state index in [-0.39, 0.29) is 11.7 Å². The number of nitrogens with zero attached hydrogens (tertiary/aromatic N) is 4. The SMILES string of the molecule is CC[C@@H](C)c1ccc(NC(=O)CSc2nncn2-n2cccc2)cc1. The van der Waals surface area contributed by atoms with Gasteiger partial charge < -0.3 is 5.32 Å². The number of hydrogen-bond donors (Lipinski definition) is 1. The molecule has 0 radical (unpaired) electrons. The average molecular weight is 355 g/mol. The average Bonchev–Trinajstić information content (AvgIpc) is 3.31. The van der Waals surface area contributed by atoms with Gasteiger partial charge in [0.15, 0.2) is 0 Å². The highest BCUT2D eigenvalue weighted by atomic mass is 32.2. The predicted molar refractivity (Wildman–Crippen MR) is 99.8 cm³/mol. The van der Waals surface area contributed by atoms with Crippen molar-refractivity contribution in [3.05, 3.63) is 60.7 Å². The molecule has 6 nitrogen and oxygen atoms in total. The Morgan fingerprint density at radius 2 is 1.96 bits per heavy atom. The molecular formula is C18H21N5OS. The number of carbonyl (C=O) groups excluding carboxylic acids is 1. The van der Waals surface area contributed by atoms with E-state index in [2.05, 4.69) is 41.5 Å². The Bertz CT molecular complexity index is 810. The van der Waals surface area contributed by atoms with Crippen molar-refractivity contribution in [2.75, 3.05) is 11.1 Å². The predicted octanol–water partition coefficient (Wildman–Crippen LogP) is 3.64. The van der Waals surface area contributed by atoms with Crippen molar-refractivity contribution in [1.82, 2.24) is 19.5 Å². The molecule has 7 heteroatoms. The molecular weight excluding hydrogens is 334 g/mol. The maximum Gasteiger partial charge on any atom is 0.234 e. The molecule has 1 atom stereocenters. The number of amides is 1. The van der Waals surface area contributed by atoms with E-state index in [0.29, 0.717) is 11.1 Å². The number of benzene rings is 1. The van der Waals surface area contributed by atoms with Crippen molar-refractivity contribution in [3.63, 3.8) is 0 Å². The Kier molecular flexibility index (Phi) is 5.55. The number of hydrogen-bond acceptors (Lipinski definition) is 4. The van der Waals surface area contributed by atoms with E-state index in [1.807, 2.05) is 41.3 Å². The van der Waals surface area contributed by atoms with Crippen molar-refractivity contribution < 1.29 is 4.79 Å². The molecule has 0 saturated heterocycles. The van der Waals surface area contributed by atoms with Crippen LogP contribution in [-0.2, 0) is 4.79 Å². The van der Waals surface area contributed by atoms with Crippen LogP contribution in [0.1, 0.15) is 31.7 Å². The van der Waals surface area contributed by atoms with E-state index < -0.39 is 0 Å². The molecule has 0 aliphatic carbocycles. The molecule has 3 rings (SSSR count). The number of carbonyl (C=O) groups is 1. The Balaban J connectivity index is 1.56. The molecule has 0 aliphatic rings. The lowest BCUT2D eigenvalue weighted by atomic mass is 9.99. The highest BCUT2D eigenvalue weighted by Gasteiger charge is 2.10. The lowest BCUT2D eigenvalue weighted by Gasteiger charge is -2.10. The molecule has 2 aromatic heterocycles. The van der Waals surface area contributed by atoms with Gasteiger partial charge in [-0.1, -0.05) is 37.7 Å². The van der Waals surface area contributed by atoms with Gasteiger partial charge in [-0.3, -0.25) is 9.47 Å². The van der Waals surface area contributed by atoms with Gasteiger partial charge in [-0.2, -0.15) is 0 Å². The number of anilines is 1. The second-order valence-electron chi connectivity index (χ2n) is 5.79. The first-order valence-corrected chi connectivity index (χ1v) is 9.22. The summed E-state index contributed by atoms with van der Waals surface area (Å²) in [6, 6.07) is 11.9. The van der Waals surface area contributed by atoms with Crippen LogP contribution in [-0.4, -0.2) is 31.2 Å². The van der Waals surface area contributed by atoms with Crippen LogP contribution in [0.15, 0.2) is 60.3 Å². The second-order valence-corrected chi connectivity index (χ2v) is 6.73. The van der Waals surface area contributed by atoms with Gasteiger partial charge in [0.25, 0.3) is 0 Å². The first kappa shape index (κ1) is 17.3. The van der Waals surface area contributed by atoms with Crippen LogP contribution in [0.4, 0.5) is 5.69 Å². The van der Waals surface area contributed by atoms with Crippen LogP contribution < -0.4 is 5.32 Å². The summed E-state index contributed by atoms with van der Waals surface area (Å²) in [7, 11) is 0. The third-order valence-corrected chi connectivity index (χ3v) is 4.98. The smallest absolute Gasteiger partial charge is 0.234 e. The first-order chi connectivity index (χ1) is 12.2. The van der Waals surface area contributed by atoms with Gasteiger partial charge in [-0.15, -0.1) is 10.2 Å². The first-order valence-electron chi connectivity index (χ1n) is 8.23. The maximum absolute atomic E-state index is 12.2. The number of rotatable bonds is 7. The Morgan fingerprint density at radius 1 is 1.24 bits per heavy atom. The van der Waals surface area contributed by atoms with Gasteiger partial charge in [-0.25, -0.2) is 4.68 Å². The summed E-state index contributed by atoms with van der Waals surface area (Å²) in [6.07, 6.45) is 6.51. The molecule has 0 bridgehead atoms. The van der Waals surface area contributed by atoms with Crippen LogP contribution in [0.5, 0.6) is 0 Å². The molecule has 25 heavy (non-hydrogen) atoms. The zero-order valence-corrected chi connectivity index (χ0v) is 15.1. The van der Waals surface area contributed by atoms with Crippen LogP contribution in [0.3, 0.4) is 0 Å². The second kappa shape index (κ2) is 8.02. The van der Waals surface area contributed by atoms with Gasteiger partial charge in [0.05, 0.1) is 5.75 Å². The van der Waals surface area contributed by atoms with Gasteiger partial charge in [-0.05, 0) is 42.2 Å². The van der Waals surface area contributed by atoms with Crippen LogP contribution >= 0.6 is 11.8 Å². The quantitative estimate of drug-likeness (QED) is 0.657. The molecule has 1 amide bonds. The van der Waals surface area contributed by atoms with Crippen molar-refractivity contribution in [2.45, 2.75) is 31.3 Å². The summed E-state index contributed by atoms with van der Waals surface area (Å²) in [5.41, 5.74) is 2.10. The minimum absolute atomic E-state index is 0.0663. The van der Waals surface area contributed by atoms with Crippen molar-refractivity contribution in [2.24, 2.45) is 0 Å². The summed E-state index contributed by atoms with van der Waals surface area (Å²) in [5, 5.41) is 11.6. The lowest BCUT2D eigenvalue weighted by molar-refractivity contribution is -0.113. The summed E-state index contributed by atoms with van der Waals surface area (Å²) in [4.78, 5) is 12.2. The third-order valence-electron chi connectivity index (χ3n) is 4.05. The molecule has 130 valence electrons. The van der Waals surface area contributed by atoms with Crippen LogP contribution in [0.25, 0.3) is 0 Å². The fraction of sp³-hybridized carbons (Fsp3) is 0.278. The highest BCUT2D eigenvalue weighted by Crippen LogP contribution is 2.21. The fourth-order valence-corrected chi connectivity index (χ4v) is 3.11. The largest absolute Gasteiger partial charge is 0.325 e. The maximum atomic E-state index is 12.2. The standard InChI is InChI=1S/C18H21N5OS/c1-3-14(2)15-6-8-16(9-7-15)20-17(24)12-25-18-21-19-13-23(18)22-10-4-5-11-22/h4-11,13-14H,3,12H2,1-2H3,(H,20,24)/t14-/m1/s1. The molecule has 1 aromatic carbocycles.